The van der Waals surface area contributed by atoms with Crippen molar-refractivity contribution in [2.24, 2.45) is 0 Å². The van der Waals surface area contributed by atoms with E-state index in [9.17, 15) is 24.6 Å². The van der Waals surface area contributed by atoms with E-state index in [1.54, 1.807) is 6.07 Å². The van der Waals surface area contributed by atoms with Crippen molar-refractivity contribution < 1.29 is 34.4 Å². The van der Waals surface area contributed by atoms with Crippen LogP contribution in [-0.4, -0.2) is 59.0 Å². The van der Waals surface area contributed by atoms with E-state index >= 15 is 0 Å². The lowest BCUT2D eigenvalue weighted by atomic mass is 10.1. The normalized spacial score (nSPS) is 11.3. The molecule has 124 valence electrons. The number of carbonyl (C=O) groups is 3. The highest BCUT2D eigenvalue weighted by molar-refractivity contribution is 5.95. The van der Waals surface area contributed by atoms with Crippen molar-refractivity contribution in [3.8, 4) is 0 Å². The third-order valence-electron chi connectivity index (χ3n) is 2.82. The first-order valence-electron chi connectivity index (χ1n) is 6.61. The summed E-state index contributed by atoms with van der Waals surface area (Å²) < 4.78 is 4.67. The van der Waals surface area contributed by atoms with Crippen molar-refractivity contribution in [2.45, 2.75) is 6.10 Å². The van der Waals surface area contributed by atoms with E-state index in [-0.39, 0.29) is 24.4 Å². The lowest BCUT2D eigenvalue weighted by Gasteiger charge is -2.26. The van der Waals surface area contributed by atoms with Crippen molar-refractivity contribution in [1.82, 2.24) is 0 Å². The second-order valence-corrected chi connectivity index (χ2v) is 4.58. The number of ether oxygens (including phenoxy) is 1. The molecule has 0 aliphatic rings. The van der Waals surface area contributed by atoms with Gasteiger partial charge in [0.15, 0.2) is 0 Å². The van der Waals surface area contributed by atoms with Gasteiger partial charge in [-0.1, -0.05) is 18.7 Å². The maximum Gasteiger partial charge on any atom is 0.337 e. The number of benzene rings is 1. The summed E-state index contributed by atoms with van der Waals surface area (Å²) in [5.74, 6) is -3.14. The van der Waals surface area contributed by atoms with Gasteiger partial charge in [-0.2, -0.15) is 0 Å². The van der Waals surface area contributed by atoms with E-state index in [2.05, 4.69) is 11.3 Å². The van der Waals surface area contributed by atoms with Gasteiger partial charge < -0.3 is 25.0 Å². The second kappa shape index (κ2) is 8.54. The molecule has 3 N–H and O–H groups in total. The van der Waals surface area contributed by atoms with Crippen LogP contribution in [0.15, 0.2) is 36.9 Å². The average Bonchev–Trinajstić information content (AvgIpc) is 2.51. The molecular weight excluding hydrogens is 306 g/mol. The van der Waals surface area contributed by atoms with Gasteiger partial charge in [0.05, 0.1) is 11.3 Å². The number of aromatic carboxylic acids is 1. The second-order valence-electron chi connectivity index (χ2n) is 4.58. The highest BCUT2D eigenvalue weighted by atomic mass is 16.5. The van der Waals surface area contributed by atoms with Crippen molar-refractivity contribution in [3.05, 3.63) is 42.5 Å². The molecular formula is C15H17NO7. The van der Waals surface area contributed by atoms with Gasteiger partial charge in [0, 0.05) is 12.6 Å². The summed E-state index contributed by atoms with van der Waals surface area (Å²) >= 11 is 0. The fraction of sp³-hybridized carbons (Fsp3) is 0.267. The molecule has 0 fully saturated rings. The molecule has 0 bridgehead atoms. The Labute approximate surface area is 132 Å². The van der Waals surface area contributed by atoms with Crippen LogP contribution in [0.1, 0.15) is 10.4 Å². The van der Waals surface area contributed by atoms with Crippen LogP contribution in [0, 0.1) is 0 Å². The van der Waals surface area contributed by atoms with E-state index < -0.39 is 30.6 Å². The van der Waals surface area contributed by atoms with Gasteiger partial charge in [-0.25, -0.2) is 9.59 Å². The molecule has 0 aliphatic heterocycles. The number of hydrogen-bond donors (Lipinski definition) is 3. The van der Waals surface area contributed by atoms with Crippen LogP contribution < -0.4 is 4.90 Å². The molecule has 0 amide bonds. The fourth-order valence-electron chi connectivity index (χ4n) is 1.89. The average molecular weight is 323 g/mol. The molecule has 0 saturated heterocycles. The molecule has 8 heteroatoms. The zero-order chi connectivity index (χ0) is 17.4. The Bertz CT molecular complexity index is 599. The van der Waals surface area contributed by atoms with Gasteiger partial charge >= 0.3 is 17.9 Å². The molecule has 8 nitrogen and oxygen atoms in total. The Morgan fingerprint density at radius 2 is 1.91 bits per heavy atom. The van der Waals surface area contributed by atoms with Gasteiger partial charge in [-0.3, -0.25) is 4.79 Å². The summed E-state index contributed by atoms with van der Waals surface area (Å²) in [6.07, 6.45) is -0.262. The number of rotatable bonds is 9. The molecule has 0 spiro atoms. The Morgan fingerprint density at radius 1 is 1.26 bits per heavy atom. The molecule has 1 unspecified atom stereocenters. The zero-order valence-electron chi connectivity index (χ0n) is 12.2. The largest absolute Gasteiger partial charge is 0.480 e. The SMILES string of the molecule is C=CC(=O)OCC(O)CN(CC(=O)O)c1ccccc1C(=O)O. The standard InChI is InChI=1S/C15H17NO7/c1-2-14(20)23-9-10(17)7-16(8-13(18)19)12-6-4-3-5-11(12)15(21)22/h2-6,10,17H,1,7-9H2,(H,18,19)(H,21,22). The van der Waals surface area contributed by atoms with Crippen LogP contribution in [0.2, 0.25) is 0 Å². The minimum atomic E-state index is -1.22. The van der Waals surface area contributed by atoms with Gasteiger partial charge in [-0.05, 0) is 12.1 Å². The number of esters is 1. The van der Waals surface area contributed by atoms with Crippen LogP contribution in [0.25, 0.3) is 0 Å². The maximum absolute atomic E-state index is 11.2. The highest BCUT2D eigenvalue weighted by Crippen LogP contribution is 2.20. The Morgan fingerprint density at radius 3 is 2.48 bits per heavy atom. The number of aliphatic hydroxyl groups is 1. The highest BCUT2D eigenvalue weighted by Gasteiger charge is 2.21. The van der Waals surface area contributed by atoms with Crippen LogP contribution in [0.4, 0.5) is 5.69 Å². The smallest absolute Gasteiger partial charge is 0.337 e. The summed E-state index contributed by atoms with van der Waals surface area (Å²) in [4.78, 5) is 34.4. The summed E-state index contributed by atoms with van der Waals surface area (Å²) in [6.45, 7) is 2.10. The van der Waals surface area contributed by atoms with Gasteiger partial charge in [0.1, 0.15) is 19.3 Å². The van der Waals surface area contributed by atoms with Gasteiger partial charge in [0.2, 0.25) is 0 Å². The molecule has 0 aromatic heterocycles. The maximum atomic E-state index is 11.2. The summed E-state index contributed by atoms with van der Waals surface area (Å²) in [7, 11) is 0. The number of nitrogens with zero attached hydrogens (tertiary/aromatic N) is 1. The fourth-order valence-corrected chi connectivity index (χ4v) is 1.89. The number of carboxylic acid groups (broad SMARTS) is 2. The minimum absolute atomic E-state index is 0.0935. The molecule has 1 rings (SSSR count). The number of aliphatic carboxylic acids is 1. The van der Waals surface area contributed by atoms with Crippen molar-refractivity contribution in [3.63, 3.8) is 0 Å². The third-order valence-corrected chi connectivity index (χ3v) is 2.82. The number of hydrogen-bond acceptors (Lipinski definition) is 6. The zero-order valence-corrected chi connectivity index (χ0v) is 12.2. The Hall–Kier alpha value is -2.87. The number of aliphatic hydroxyl groups excluding tert-OH is 1. The number of anilines is 1. The minimum Gasteiger partial charge on any atom is -0.480 e. The molecule has 1 atom stereocenters. The van der Waals surface area contributed by atoms with Crippen molar-refractivity contribution >= 4 is 23.6 Å². The molecule has 23 heavy (non-hydrogen) atoms. The predicted octanol–water partition coefficient (Wildman–Crippen LogP) is 0.366. The van der Waals surface area contributed by atoms with Crippen LogP contribution in [0.3, 0.4) is 0 Å². The molecule has 0 saturated carbocycles. The number of carbonyl (C=O) groups excluding carboxylic acids is 1. The number of para-hydroxylation sites is 1. The molecule has 1 aromatic carbocycles. The van der Waals surface area contributed by atoms with Crippen LogP contribution in [-0.2, 0) is 14.3 Å². The molecule has 0 aliphatic carbocycles. The van der Waals surface area contributed by atoms with E-state index in [1.807, 2.05) is 0 Å². The van der Waals surface area contributed by atoms with E-state index in [1.165, 1.54) is 23.1 Å². The first kappa shape index (κ1) is 18.2. The first-order chi connectivity index (χ1) is 10.8. The topological polar surface area (TPSA) is 124 Å². The van der Waals surface area contributed by atoms with Gasteiger partial charge in [0.25, 0.3) is 0 Å². The Kier molecular flexibility index (Phi) is 6.75. The summed E-state index contributed by atoms with van der Waals surface area (Å²) in [5, 5.41) is 28.0. The summed E-state index contributed by atoms with van der Waals surface area (Å²) in [5.41, 5.74) is 0.0560. The lowest BCUT2D eigenvalue weighted by Crippen LogP contribution is -2.39. The first-order valence-corrected chi connectivity index (χ1v) is 6.61. The van der Waals surface area contributed by atoms with Crippen molar-refractivity contribution in [2.75, 3.05) is 24.6 Å². The third kappa shape index (κ3) is 5.79. The lowest BCUT2D eigenvalue weighted by molar-refractivity contribution is -0.141. The number of carboxylic acids is 2. The van der Waals surface area contributed by atoms with Crippen LogP contribution in [0.5, 0.6) is 0 Å². The quantitative estimate of drug-likeness (QED) is 0.440. The van der Waals surface area contributed by atoms with Crippen molar-refractivity contribution in [1.29, 1.82) is 0 Å². The monoisotopic (exact) mass is 323 g/mol. The van der Waals surface area contributed by atoms with E-state index in [4.69, 9.17) is 5.11 Å². The summed E-state index contributed by atoms with van der Waals surface area (Å²) in [6, 6.07) is 5.83. The van der Waals surface area contributed by atoms with E-state index in [0.717, 1.165) is 6.08 Å². The Balaban J connectivity index is 2.93. The van der Waals surface area contributed by atoms with E-state index in [0.29, 0.717) is 0 Å². The molecule has 1 aromatic rings. The molecule has 0 radical (unpaired) electrons. The predicted molar refractivity (Wildman–Crippen MR) is 80.4 cm³/mol. The molecule has 0 heterocycles. The van der Waals surface area contributed by atoms with Gasteiger partial charge in [-0.15, -0.1) is 0 Å². The van der Waals surface area contributed by atoms with Crippen LogP contribution >= 0.6 is 0 Å².